The fourth-order valence-corrected chi connectivity index (χ4v) is 1.77. The maximum atomic E-state index is 5.81. The van der Waals surface area contributed by atoms with Crippen LogP contribution in [0.5, 0.6) is 17.4 Å². The van der Waals surface area contributed by atoms with Gasteiger partial charge in [-0.2, -0.15) is 4.98 Å². The number of nitrogens with one attached hydrogen (secondary N) is 1. The van der Waals surface area contributed by atoms with Gasteiger partial charge >= 0.3 is 0 Å². The van der Waals surface area contributed by atoms with E-state index in [0.29, 0.717) is 17.4 Å². The maximum Gasteiger partial charge on any atom is 0.224 e. The molecule has 2 rings (SSSR count). The van der Waals surface area contributed by atoms with Gasteiger partial charge in [0.2, 0.25) is 5.88 Å². The summed E-state index contributed by atoms with van der Waals surface area (Å²) in [7, 11) is 1.61. The molecule has 0 fully saturated rings. The number of methoxy groups -OCH3 is 1. The van der Waals surface area contributed by atoms with Crippen LogP contribution in [0.15, 0.2) is 30.3 Å². The highest BCUT2D eigenvalue weighted by molar-refractivity contribution is 5.44. The van der Waals surface area contributed by atoms with Gasteiger partial charge in [0.05, 0.1) is 7.11 Å². The van der Waals surface area contributed by atoms with Crippen LogP contribution in [-0.4, -0.2) is 23.6 Å². The van der Waals surface area contributed by atoms with Gasteiger partial charge in [-0.25, -0.2) is 4.98 Å². The van der Waals surface area contributed by atoms with E-state index in [1.807, 2.05) is 38.1 Å². The van der Waals surface area contributed by atoms with Gasteiger partial charge in [-0.05, 0) is 19.1 Å². The molecule has 0 amide bonds. The van der Waals surface area contributed by atoms with Gasteiger partial charge in [0, 0.05) is 19.0 Å². The third-order valence-electron chi connectivity index (χ3n) is 2.71. The van der Waals surface area contributed by atoms with E-state index in [2.05, 4.69) is 15.3 Å². The largest absolute Gasteiger partial charge is 0.493 e. The van der Waals surface area contributed by atoms with Crippen molar-refractivity contribution in [2.75, 3.05) is 19.0 Å². The molecule has 0 saturated carbocycles. The number of para-hydroxylation sites is 2. The Morgan fingerprint density at radius 3 is 2.50 bits per heavy atom. The van der Waals surface area contributed by atoms with E-state index in [-0.39, 0.29) is 0 Å². The predicted octanol–water partition coefficient (Wildman–Crippen LogP) is 3.27. The quantitative estimate of drug-likeness (QED) is 0.875. The van der Waals surface area contributed by atoms with E-state index >= 15 is 0 Å². The number of hydrogen-bond donors (Lipinski definition) is 1. The number of aryl methyl sites for hydroxylation is 1. The Balaban J connectivity index is 2.30. The van der Waals surface area contributed by atoms with E-state index in [1.54, 1.807) is 13.2 Å². The molecule has 1 N–H and O–H groups in total. The van der Waals surface area contributed by atoms with Crippen LogP contribution in [0.3, 0.4) is 0 Å². The average molecular weight is 273 g/mol. The summed E-state index contributed by atoms with van der Waals surface area (Å²) in [5, 5.41) is 3.17. The minimum Gasteiger partial charge on any atom is -0.493 e. The monoisotopic (exact) mass is 273 g/mol. The number of nitrogens with zero attached hydrogens (tertiary/aromatic N) is 2. The van der Waals surface area contributed by atoms with Gasteiger partial charge in [-0.15, -0.1) is 0 Å². The van der Waals surface area contributed by atoms with Crippen molar-refractivity contribution >= 4 is 5.82 Å². The minimum atomic E-state index is 0.511. The van der Waals surface area contributed by atoms with Gasteiger partial charge in [-0.3, -0.25) is 0 Å². The molecule has 0 radical (unpaired) electrons. The molecule has 0 unspecified atom stereocenters. The summed E-state index contributed by atoms with van der Waals surface area (Å²) < 4.78 is 11.1. The highest BCUT2D eigenvalue weighted by Crippen LogP contribution is 2.30. The molecule has 1 aromatic carbocycles. The Bertz CT molecular complexity index is 573. The van der Waals surface area contributed by atoms with Crippen molar-refractivity contribution in [2.24, 2.45) is 0 Å². The maximum absolute atomic E-state index is 5.81. The van der Waals surface area contributed by atoms with Crippen molar-refractivity contribution in [2.45, 2.75) is 20.3 Å². The zero-order valence-corrected chi connectivity index (χ0v) is 12.0. The zero-order valence-electron chi connectivity index (χ0n) is 12.0. The molecule has 0 aliphatic rings. The molecule has 0 spiro atoms. The van der Waals surface area contributed by atoms with Gasteiger partial charge in [0.25, 0.3) is 0 Å². The topological polar surface area (TPSA) is 56.3 Å². The first kappa shape index (κ1) is 14.1. The Morgan fingerprint density at radius 2 is 1.85 bits per heavy atom. The Hall–Kier alpha value is -2.30. The van der Waals surface area contributed by atoms with E-state index in [9.17, 15) is 0 Å². The molecular formula is C15H19N3O2. The molecular weight excluding hydrogens is 254 g/mol. The van der Waals surface area contributed by atoms with Crippen molar-refractivity contribution in [3.8, 4) is 17.4 Å². The SMILES string of the molecule is CCNc1cc(Oc2ccccc2OC)nc(CC)n1. The van der Waals surface area contributed by atoms with Crippen LogP contribution >= 0.6 is 0 Å². The summed E-state index contributed by atoms with van der Waals surface area (Å²) in [4.78, 5) is 8.77. The minimum absolute atomic E-state index is 0.511. The first-order chi connectivity index (χ1) is 9.76. The smallest absolute Gasteiger partial charge is 0.224 e. The number of benzene rings is 1. The van der Waals surface area contributed by atoms with Crippen molar-refractivity contribution in [3.63, 3.8) is 0 Å². The number of hydrogen-bond acceptors (Lipinski definition) is 5. The van der Waals surface area contributed by atoms with Crippen LogP contribution in [0.2, 0.25) is 0 Å². The second-order valence-electron chi connectivity index (χ2n) is 4.14. The summed E-state index contributed by atoms with van der Waals surface area (Å²) in [6.07, 6.45) is 0.752. The molecule has 0 aliphatic heterocycles. The molecule has 0 aliphatic carbocycles. The molecule has 0 atom stereocenters. The standard InChI is InChI=1S/C15H19N3O2/c1-4-13-17-14(16-5-2)10-15(18-13)20-12-9-7-6-8-11(12)19-3/h6-10H,4-5H2,1-3H3,(H,16,17,18). The predicted molar refractivity (Wildman–Crippen MR) is 78.6 cm³/mol. The lowest BCUT2D eigenvalue weighted by molar-refractivity contribution is 0.373. The highest BCUT2D eigenvalue weighted by atomic mass is 16.5. The number of ether oxygens (including phenoxy) is 2. The number of aromatic nitrogens is 2. The molecule has 20 heavy (non-hydrogen) atoms. The summed E-state index contributed by atoms with van der Waals surface area (Å²) in [6, 6.07) is 9.27. The van der Waals surface area contributed by atoms with Crippen molar-refractivity contribution in [3.05, 3.63) is 36.2 Å². The van der Waals surface area contributed by atoms with Crippen LogP contribution < -0.4 is 14.8 Å². The van der Waals surface area contributed by atoms with Gasteiger partial charge in [0.1, 0.15) is 11.6 Å². The van der Waals surface area contributed by atoms with E-state index in [0.717, 1.165) is 24.6 Å². The molecule has 106 valence electrons. The van der Waals surface area contributed by atoms with Crippen LogP contribution in [-0.2, 0) is 6.42 Å². The molecule has 0 bridgehead atoms. The lowest BCUT2D eigenvalue weighted by Gasteiger charge is -2.11. The van der Waals surface area contributed by atoms with Crippen LogP contribution in [0.4, 0.5) is 5.82 Å². The number of anilines is 1. The summed E-state index contributed by atoms with van der Waals surface area (Å²) in [5.41, 5.74) is 0. The van der Waals surface area contributed by atoms with E-state index in [1.165, 1.54) is 0 Å². The van der Waals surface area contributed by atoms with Crippen LogP contribution in [0, 0.1) is 0 Å². The highest BCUT2D eigenvalue weighted by Gasteiger charge is 2.08. The first-order valence-corrected chi connectivity index (χ1v) is 6.69. The van der Waals surface area contributed by atoms with Gasteiger partial charge < -0.3 is 14.8 Å². The Kier molecular flexibility index (Phi) is 4.76. The third kappa shape index (κ3) is 3.38. The molecule has 2 aromatic rings. The zero-order chi connectivity index (χ0) is 14.4. The Morgan fingerprint density at radius 1 is 1.10 bits per heavy atom. The Labute approximate surface area is 119 Å². The van der Waals surface area contributed by atoms with Crippen LogP contribution in [0.1, 0.15) is 19.7 Å². The second-order valence-corrected chi connectivity index (χ2v) is 4.14. The fourth-order valence-electron chi connectivity index (χ4n) is 1.77. The van der Waals surface area contributed by atoms with Gasteiger partial charge in [0.15, 0.2) is 11.5 Å². The lowest BCUT2D eigenvalue weighted by atomic mass is 10.3. The van der Waals surface area contributed by atoms with Crippen molar-refractivity contribution in [1.82, 2.24) is 9.97 Å². The van der Waals surface area contributed by atoms with E-state index in [4.69, 9.17) is 9.47 Å². The second kappa shape index (κ2) is 6.75. The molecule has 1 heterocycles. The first-order valence-electron chi connectivity index (χ1n) is 6.69. The average Bonchev–Trinajstić information content (AvgIpc) is 2.48. The normalized spacial score (nSPS) is 10.2. The van der Waals surface area contributed by atoms with Crippen molar-refractivity contribution in [1.29, 1.82) is 0 Å². The van der Waals surface area contributed by atoms with E-state index < -0.39 is 0 Å². The third-order valence-corrected chi connectivity index (χ3v) is 2.71. The summed E-state index contributed by atoms with van der Waals surface area (Å²) in [6.45, 7) is 4.83. The fraction of sp³-hybridized carbons (Fsp3) is 0.333. The molecule has 1 aromatic heterocycles. The lowest BCUT2D eigenvalue weighted by Crippen LogP contribution is -2.04. The number of rotatable bonds is 6. The van der Waals surface area contributed by atoms with Crippen molar-refractivity contribution < 1.29 is 9.47 Å². The molecule has 0 saturated heterocycles. The van der Waals surface area contributed by atoms with Crippen LogP contribution in [0.25, 0.3) is 0 Å². The molecule has 5 heteroatoms. The molecule has 5 nitrogen and oxygen atoms in total. The summed E-state index contributed by atoms with van der Waals surface area (Å²) in [5.74, 6) is 3.34. The van der Waals surface area contributed by atoms with Gasteiger partial charge in [-0.1, -0.05) is 19.1 Å². The summed E-state index contributed by atoms with van der Waals surface area (Å²) >= 11 is 0.